The molecule has 0 aliphatic carbocycles. The van der Waals surface area contributed by atoms with Crippen LogP contribution in [0.3, 0.4) is 0 Å². The molecule has 0 saturated carbocycles. The van der Waals surface area contributed by atoms with Gasteiger partial charge in [0.2, 0.25) is 6.79 Å². The van der Waals surface area contributed by atoms with Crippen molar-refractivity contribution < 1.29 is 23.8 Å². The van der Waals surface area contributed by atoms with Gasteiger partial charge >= 0.3 is 5.97 Å². The molecule has 2 aromatic rings. The first-order valence-corrected chi connectivity index (χ1v) is 8.62. The number of fused-ring (bicyclic) bond motifs is 1. The minimum atomic E-state index is -0.673. The summed E-state index contributed by atoms with van der Waals surface area (Å²) in [5.74, 6) is -0.173. The number of nitrogens with zero attached hydrogens (tertiary/aromatic N) is 1. The van der Waals surface area contributed by atoms with Crippen molar-refractivity contribution in [3.63, 3.8) is 0 Å². The lowest BCUT2D eigenvalue weighted by atomic mass is 10.1. The summed E-state index contributed by atoms with van der Waals surface area (Å²) < 4.78 is 15.4. The van der Waals surface area contributed by atoms with Gasteiger partial charge in [0.15, 0.2) is 18.1 Å². The number of carbonyl (C=O) groups excluding carboxylic acids is 2. The van der Waals surface area contributed by atoms with Crippen molar-refractivity contribution in [2.45, 2.75) is 6.42 Å². The van der Waals surface area contributed by atoms with Crippen LogP contribution in [0.25, 0.3) is 6.08 Å². The van der Waals surface area contributed by atoms with Gasteiger partial charge in [-0.3, -0.25) is 4.79 Å². The molecule has 7 nitrogen and oxygen atoms in total. The topological polar surface area (TPSA) is 97.7 Å². The van der Waals surface area contributed by atoms with Gasteiger partial charge in [0.1, 0.15) is 0 Å². The van der Waals surface area contributed by atoms with Crippen LogP contribution < -0.4 is 14.8 Å². The van der Waals surface area contributed by atoms with Crippen molar-refractivity contribution in [1.29, 1.82) is 5.26 Å². The van der Waals surface area contributed by atoms with Crippen molar-refractivity contribution in [1.82, 2.24) is 0 Å². The van der Waals surface area contributed by atoms with Crippen LogP contribution in [0.15, 0.2) is 42.5 Å². The second-order valence-electron chi connectivity index (χ2n) is 5.76. The number of rotatable bonds is 6. The molecule has 1 heterocycles. The van der Waals surface area contributed by atoms with Crippen LogP contribution in [0.5, 0.6) is 11.5 Å². The van der Waals surface area contributed by atoms with E-state index in [1.165, 1.54) is 12.2 Å². The fourth-order valence-corrected chi connectivity index (χ4v) is 2.70. The van der Waals surface area contributed by atoms with Crippen molar-refractivity contribution in [2.24, 2.45) is 0 Å². The lowest BCUT2D eigenvalue weighted by molar-refractivity contribution is -0.142. The van der Waals surface area contributed by atoms with E-state index in [0.29, 0.717) is 34.2 Å². The van der Waals surface area contributed by atoms with E-state index in [0.717, 1.165) is 5.56 Å². The Kier molecular flexibility index (Phi) is 6.14. The van der Waals surface area contributed by atoms with Crippen LogP contribution in [-0.2, 0) is 20.7 Å². The molecule has 0 atom stereocenters. The maximum Gasteiger partial charge on any atom is 0.331 e. The zero-order valence-electron chi connectivity index (χ0n) is 14.6. The maximum absolute atomic E-state index is 11.9. The van der Waals surface area contributed by atoms with E-state index >= 15 is 0 Å². The molecule has 2 aromatic carbocycles. The molecule has 0 unspecified atom stereocenters. The SMILES string of the molecule is N#CCc1ccc(NC(=O)COC(=O)/C=C/c2cc(Cl)c3c(c2)OCO3)cc1. The highest BCUT2D eigenvalue weighted by molar-refractivity contribution is 6.32. The van der Waals surface area contributed by atoms with E-state index in [4.69, 9.17) is 31.1 Å². The number of hydrogen-bond acceptors (Lipinski definition) is 6. The zero-order chi connectivity index (χ0) is 19.9. The van der Waals surface area contributed by atoms with E-state index in [1.807, 2.05) is 6.07 Å². The monoisotopic (exact) mass is 398 g/mol. The van der Waals surface area contributed by atoms with Gasteiger partial charge in [-0.15, -0.1) is 0 Å². The second-order valence-corrected chi connectivity index (χ2v) is 6.16. The molecule has 0 bridgehead atoms. The number of anilines is 1. The fraction of sp³-hybridized carbons (Fsp3) is 0.150. The molecule has 0 spiro atoms. The highest BCUT2D eigenvalue weighted by atomic mass is 35.5. The van der Waals surface area contributed by atoms with E-state index in [9.17, 15) is 9.59 Å². The Hall–Kier alpha value is -3.50. The first-order valence-electron chi connectivity index (χ1n) is 8.25. The van der Waals surface area contributed by atoms with Crippen molar-refractivity contribution in [3.05, 3.63) is 58.6 Å². The second kappa shape index (κ2) is 8.93. The Morgan fingerprint density at radius 1 is 1.25 bits per heavy atom. The number of carbonyl (C=O) groups is 2. The van der Waals surface area contributed by atoms with Crippen LogP contribution in [0, 0.1) is 11.3 Å². The number of nitrogens with one attached hydrogen (secondary N) is 1. The molecule has 1 N–H and O–H groups in total. The number of nitriles is 1. The normalized spacial score (nSPS) is 11.9. The minimum absolute atomic E-state index is 0.0976. The lowest BCUT2D eigenvalue weighted by Gasteiger charge is -2.06. The van der Waals surface area contributed by atoms with Crippen molar-refractivity contribution in [3.8, 4) is 17.6 Å². The summed E-state index contributed by atoms with van der Waals surface area (Å²) in [6.45, 7) is -0.328. The number of halogens is 1. The van der Waals surface area contributed by atoms with E-state index < -0.39 is 18.5 Å². The van der Waals surface area contributed by atoms with E-state index in [2.05, 4.69) is 5.32 Å². The molecule has 1 aliphatic heterocycles. The highest BCUT2D eigenvalue weighted by Crippen LogP contribution is 2.40. The number of ether oxygens (including phenoxy) is 3. The van der Waals surface area contributed by atoms with Gasteiger partial charge < -0.3 is 19.5 Å². The van der Waals surface area contributed by atoms with Crippen molar-refractivity contribution in [2.75, 3.05) is 18.7 Å². The van der Waals surface area contributed by atoms with Gasteiger partial charge in [0, 0.05) is 11.8 Å². The first-order chi connectivity index (χ1) is 13.5. The number of hydrogen-bond donors (Lipinski definition) is 1. The van der Waals surface area contributed by atoms with Crippen LogP contribution in [0.1, 0.15) is 11.1 Å². The van der Waals surface area contributed by atoms with Gasteiger partial charge in [0.25, 0.3) is 5.91 Å². The van der Waals surface area contributed by atoms with Gasteiger partial charge in [-0.2, -0.15) is 5.26 Å². The van der Waals surface area contributed by atoms with Gasteiger partial charge in [0.05, 0.1) is 17.5 Å². The Bertz CT molecular complexity index is 964. The van der Waals surface area contributed by atoms with Crippen LogP contribution in [0.4, 0.5) is 5.69 Å². The molecule has 0 radical (unpaired) electrons. The smallest absolute Gasteiger partial charge is 0.331 e. The summed E-state index contributed by atoms with van der Waals surface area (Å²) in [5.41, 5.74) is 2.03. The molecular formula is C20H15ClN2O5. The van der Waals surface area contributed by atoms with Crippen molar-refractivity contribution >= 4 is 35.2 Å². The Morgan fingerprint density at radius 2 is 2.04 bits per heavy atom. The molecule has 0 aromatic heterocycles. The molecular weight excluding hydrogens is 384 g/mol. The Balaban J connectivity index is 1.48. The van der Waals surface area contributed by atoms with Gasteiger partial charge in [-0.1, -0.05) is 23.7 Å². The van der Waals surface area contributed by atoms with Gasteiger partial charge in [-0.25, -0.2) is 4.79 Å². The number of amides is 1. The van der Waals surface area contributed by atoms with Crippen LogP contribution in [-0.4, -0.2) is 25.3 Å². The summed E-state index contributed by atoms with van der Waals surface area (Å²) in [6.07, 6.45) is 2.99. The molecule has 142 valence electrons. The molecule has 0 fully saturated rings. The molecule has 1 aliphatic rings. The summed E-state index contributed by atoms with van der Waals surface area (Å²) in [6, 6.07) is 12.2. The van der Waals surface area contributed by atoms with Crippen LogP contribution in [0.2, 0.25) is 5.02 Å². The predicted molar refractivity (Wildman–Crippen MR) is 102 cm³/mol. The lowest BCUT2D eigenvalue weighted by Crippen LogP contribution is -2.20. The standard InChI is InChI=1S/C20H15ClN2O5/c21-16-9-14(10-17-20(16)28-12-27-17)3-6-19(25)26-11-18(24)23-15-4-1-13(2-5-15)7-8-22/h1-6,9-10H,7,11-12H2,(H,23,24)/b6-3+. The Morgan fingerprint density at radius 3 is 2.79 bits per heavy atom. The summed E-state index contributed by atoms with van der Waals surface area (Å²) >= 11 is 6.07. The molecule has 0 saturated heterocycles. The third-order valence-electron chi connectivity index (χ3n) is 3.73. The average molecular weight is 399 g/mol. The molecule has 1 amide bonds. The fourth-order valence-electron chi connectivity index (χ4n) is 2.43. The third kappa shape index (κ3) is 5.02. The minimum Gasteiger partial charge on any atom is -0.454 e. The zero-order valence-corrected chi connectivity index (χ0v) is 15.4. The third-order valence-corrected chi connectivity index (χ3v) is 4.01. The predicted octanol–water partition coefficient (Wildman–Crippen LogP) is 3.33. The van der Waals surface area contributed by atoms with Gasteiger partial charge in [-0.05, 0) is 41.5 Å². The highest BCUT2D eigenvalue weighted by Gasteiger charge is 2.17. The quantitative estimate of drug-likeness (QED) is 0.592. The number of esters is 1. The van der Waals surface area contributed by atoms with E-state index in [1.54, 1.807) is 36.4 Å². The summed E-state index contributed by atoms with van der Waals surface area (Å²) in [7, 11) is 0. The molecule has 8 heteroatoms. The van der Waals surface area contributed by atoms with E-state index in [-0.39, 0.29) is 6.79 Å². The Labute approximate surface area is 166 Å². The average Bonchev–Trinajstić information content (AvgIpc) is 3.16. The van der Waals surface area contributed by atoms with Crippen LogP contribution >= 0.6 is 11.6 Å². The molecule has 3 rings (SSSR count). The first kappa shape index (κ1) is 19.3. The summed E-state index contributed by atoms with van der Waals surface area (Å²) in [4.78, 5) is 23.7. The summed E-state index contributed by atoms with van der Waals surface area (Å²) in [5, 5.41) is 11.6. The number of benzene rings is 2. The maximum atomic E-state index is 11.9. The largest absolute Gasteiger partial charge is 0.454 e. The molecule has 28 heavy (non-hydrogen) atoms.